The lowest BCUT2D eigenvalue weighted by atomic mass is 10.2. The van der Waals surface area contributed by atoms with Gasteiger partial charge in [-0.3, -0.25) is 0 Å². The molecule has 7 heteroatoms. The molecule has 0 unspecified atom stereocenters. The van der Waals surface area contributed by atoms with E-state index < -0.39 is 0 Å². The molecule has 1 aliphatic rings. The lowest BCUT2D eigenvalue weighted by Crippen LogP contribution is -2.08. The van der Waals surface area contributed by atoms with Gasteiger partial charge < -0.3 is 0 Å². The van der Waals surface area contributed by atoms with Crippen molar-refractivity contribution in [1.29, 1.82) is 5.26 Å². The van der Waals surface area contributed by atoms with Crippen molar-refractivity contribution in [3.05, 3.63) is 28.8 Å². The van der Waals surface area contributed by atoms with E-state index in [1.54, 1.807) is 6.07 Å². The standard InChI is InChI=1S/C13H12ClN5S/c14-11-6-3-7-12(10(11)8-15)20-13-16-17-18-19(13)9-4-1-2-5-9/h3,6-7,9H,1-2,4-5H2. The number of benzene rings is 1. The second kappa shape index (κ2) is 5.81. The van der Waals surface area contributed by atoms with Crippen LogP contribution in [0.4, 0.5) is 0 Å². The SMILES string of the molecule is N#Cc1c(Cl)cccc1Sc1nnnn1C1CCCC1. The zero-order valence-corrected chi connectivity index (χ0v) is 12.2. The topological polar surface area (TPSA) is 67.4 Å². The molecule has 1 fully saturated rings. The van der Waals surface area contributed by atoms with Crippen molar-refractivity contribution in [2.24, 2.45) is 0 Å². The molecule has 0 saturated heterocycles. The summed E-state index contributed by atoms with van der Waals surface area (Å²) in [6, 6.07) is 7.91. The Bertz CT molecular complexity index is 657. The first-order valence-corrected chi connectivity index (χ1v) is 7.63. The van der Waals surface area contributed by atoms with Crippen LogP contribution < -0.4 is 0 Å². The van der Waals surface area contributed by atoms with Crippen molar-refractivity contribution in [3.63, 3.8) is 0 Å². The molecule has 0 bridgehead atoms. The van der Waals surface area contributed by atoms with E-state index >= 15 is 0 Å². The Morgan fingerprint density at radius 1 is 1.35 bits per heavy atom. The van der Waals surface area contributed by atoms with Gasteiger partial charge in [0.05, 0.1) is 16.6 Å². The molecule has 1 saturated carbocycles. The minimum atomic E-state index is 0.372. The first kappa shape index (κ1) is 13.4. The third-order valence-corrected chi connectivity index (χ3v) is 4.75. The van der Waals surface area contributed by atoms with E-state index in [-0.39, 0.29) is 0 Å². The number of hydrogen-bond donors (Lipinski definition) is 0. The zero-order chi connectivity index (χ0) is 13.9. The van der Waals surface area contributed by atoms with Crippen LogP contribution in [0.3, 0.4) is 0 Å². The molecule has 1 aromatic carbocycles. The predicted octanol–water partition coefficient (Wildman–Crippen LogP) is 3.46. The molecule has 102 valence electrons. The van der Waals surface area contributed by atoms with Crippen LogP contribution in [0.1, 0.15) is 37.3 Å². The lowest BCUT2D eigenvalue weighted by Gasteiger charge is -2.11. The molecule has 5 nitrogen and oxygen atoms in total. The molecule has 0 amide bonds. The number of aromatic nitrogens is 4. The van der Waals surface area contributed by atoms with E-state index in [9.17, 15) is 5.26 Å². The second-order valence-electron chi connectivity index (χ2n) is 4.67. The molecule has 3 rings (SSSR count). The maximum atomic E-state index is 9.20. The maximum Gasteiger partial charge on any atom is 0.214 e. The fraction of sp³-hybridized carbons (Fsp3) is 0.385. The van der Waals surface area contributed by atoms with Crippen LogP contribution >= 0.6 is 23.4 Å². The minimum Gasteiger partial charge on any atom is -0.217 e. The molecule has 1 heterocycles. The molecule has 0 N–H and O–H groups in total. The van der Waals surface area contributed by atoms with Crippen LogP contribution in [0.25, 0.3) is 0 Å². The van der Waals surface area contributed by atoms with Crippen LogP contribution in [0.15, 0.2) is 28.3 Å². The molecule has 0 spiro atoms. The Balaban J connectivity index is 1.91. The highest BCUT2D eigenvalue weighted by atomic mass is 35.5. The highest BCUT2D eigenvalue weighted by molar-refractivity contribution is 7.99. The zero-order valence-electron chi connectivity index (χ0n) is 10.7. The van der Waals surface area contributed by atoms with Crippen LogP contribution in [0.2, 0.25) is 5.02 Å². The molecule has 1 aromatic heterocycles. The summed E-state index contributed by atoms with van der Waals surface area (Å²) in [6.07, 6.45) is 4.66. The summed E-state index contributed by atoms with van der Waals surface area (Å²) in [7, 11) is 0. The van der Waals surface area contributed by atoms with Crippen LogP contribution in [-0.4, -0.2) is 20.2 Å². The Morgan fingerprint density at radius 2 is 2.15 bits per heavy atom. The van der Waals surface area contributed by atoms with E-state index in [0.717, 1.165) is 22.9 Å². The smallest absolute Gasteiger partial charge is 0.214 e. The van der Waals surface area contributed by atoms with E-state index in [1.165, 1.54) is 24.6 Å². The molecule has 20 heavy (non-hydrogen) atoms. The fourth-order valence-corrected chi connectivity index (χ4v) is 3.66. The quantitative estimate of drug-likeness (QED) is 0.868. The number of rotatable bonds is 3. The lowest BCUT2D eigenvalue weighted by molar-refractivity contribution is 0.423. The third kappa shape index (κ3) is 2.51. The van der Waals surface area contributed by atoms with E-state index in [1.807, 2.05) is 16.8 Å². The summed E-state index contributed by atoms with van der Waals surface area (Å²) in [5.41, 5.74) is 0.472. The molecule has 0 radical (unpaired) electrons. The van der Waals surface area contributed by atoms with Gasteiger partial charge in [-0.1, -0.05) is 30.5 Å². The Kier molecular flexibility index (Phi) is 3.90. The number of hydrogen-bond acceptors (Lipinski definition) is 5. The third-order valence-electron chi connectivity index (χ3n) is 3.42. The van der Waals surface area contributed by atoms with Gasteiger partial charge in [0.25, 0.3) is 0 Å². The summed E-state index contributed by atoms with van der Waals surface area (Å²) in [4.78, 5) is 0.786. The summed E-state index contributed by atoms with van der Waals surface area (Å²) in [5, 5.41) is 22.3. The second-order valence-corrected chi connectivity index (χ2v) is 6.09. The first-order valence-electron chi connectivity index (χ1n) is 6.44. The Labute approximate surface area is 125 Å². The molecule has 2 aromatic rings. The van der Waals surface area contributed by atoms with Crippen LogP contribution in [0.5, 0.6) is 0 Å². The van der Waals surface area contributed by atoms with Gasteiger partial charge in [0, 0.05) is 4.90 Å². The summed E-state index contributed by atoms with van der Waals surface area (Å²) in [5.74, 6) is 0. The van der Waals surface area contributed by atoms with Gasteiger partial charge in [-0.15, -0.1) is 5.10 Å². The predicted molar refractivity (Wildman–Crippen MR) is 75.6 cm³/mol. The number of halogens is 1. The van der Waals surface area contributed by atoms with Gasteiger partial charge in [0.2, 0.25) is 5.16 Å². The van der Waals surface area contributed by atoms with Gasteiger partial charge in [-0.05, 0) is 47.2 Å². The highest BCUT2D eigenvalue weighted by Gasteiger charge is 2.22. The Hall–Kier alpha value is -1.58. The van der Waals surface area contributed by atoms with Gasteiger partial charge in [0.1, 0.15) is 6.07 Å². The monoisotopic (exact) mass is 305 g/mol. The van der Waals surface area contributed by atoms with Crippen molar-refractivity contribution >= 4 is 23.4 Å². The average molecular weight is 306 g/mol. The number of nitriles is 1. The van der Waals surface area contributed by atoms with E-state index in [0.29, 0.717) is 16.6 Å². The van der Waals surface area contributed by atoms with Crippen molar-refractivity contribution in [3.8, 4) is 6.07 Å². The minimum absolute atomic E-state index is 0.372. The average Bonchev–Trinajstić information content (AvgIpc) is 3.09. The molecular formula is C13H12ClN5S. The fourth-order valence-electron chi connectivity index (χ4n) is 2.43. The summed E-state index contributed by atoms with van der Waals surface area (Å²) in [6.45, 7) is 0. The van der Waals surface area contributed by atoms with Gasteiger partial charge in [0.15, 0.2) is 0 Å². The molecule has 0 atom stereocenters. The molecule has 0 aliphatic heterocycles. The number of nitrogens with zero attached hydrogens (tertiary/aromatic N) is 5. The van der Waals surface area contributed by atoms with Crippen molar-refractivity contribution in [2.75, 3.05) is 0 Å². The van der Waals surface area contributed by atoms with Gasteiger partial charge >= 0.3 is 0 Å². The van der Waals surface area contributed by atoms with Gasteiger partial charge in [-0.2, -0.15) is 5.26 Å². The van der Waals surface area contributed by atoms with Crippen molar-refractivity contribution in [1.82, 2.24) is 20.2 Å². The van der Waals surface area contributed by atoms with Gasteiger partial charge in [-0.25, -0.2) is 4.68 Å². The molecule has 1 aliphatic carbocycles. The Morgan fingerprint density at radius 3 is 2.90 bits per heavy atom. The summed E-state index contributed by atoms with van der Waals surface area (Å²) >= 11 is 7.44. The number of tetrazole rings is 1. The van der Waals surface area contributed by atoms with E-state index in [2.05, 4.69) is 21.6 Å². The van der Waals surface area contributed by atoms with Crippen LogP contribution in [0, 0.1) is 11.3 Å². The highest BCUT2D eigenvalue weighted by Crippen LogP contribution is 2.36. The molecular weight excluding hydrogens is 294 g/mol. The van der Waals surface area contributed by atoms with Crippen molar-refractivity contribution in [2.45, 2.75) is 41.8 Å². The normalized spacial score (nSPS) is 15.4. The van der Waals surface area contributed by atoms with Crippen LogP contribution in [-0.2, 0) is 0 Å². The van der Waals surface area contributed by atoms with Crippen molar-refractivity contribution < 1.29 is 0 Å². The maximum absolute atomic E-state index is 9.20. The summed E-state index contributed by atoms with van der Waals surface area (Å²) < 4.78 is 1.87. The first-order chi connectivity index (χ1) is 9.79. The van der Waals surface area contributed by atoms with E-state index in [4.69, 9.17) is 11.6 Å². The largest absolute Gasteiger partial charge is 0.217 e.